The number of carbonyl (C=O) groups is 2. The van der Waals surface area contributed by atoms with Crippen LogP contribution in [0.3, 0.4) is 0 Å². The standard InChI is InChI=1S/C33H35N3O2/c1-2-24-5-4-20-36(23-24)30-17-11-27(12-18-30)32(37)21-25-7-13-28(14-8-25)35-29-15-9-26(10-16-29)22-33(38)31-6-3-19-34-31/h3,6-19,24,34-35H,2,4-5,20-23H2,1H3. The summed E-state index contributed by atoms with van der Waals surface area (Å²) in [4.78, 5) is 30.6. The number of hydrogen-bond donors (Lipinski definition) is 2. The van der Waals surface area contributed by atoms with Crippen LogP contribution >= 0.6 is 0 Å². The Labute approximate surface area is 224 Å². The van der Waals surface area contributed by atoms with Gasteiger partial charge in [-0.2, -0.15) is 0 Å². The molecule has 1 fully saturated rings. The van der Waals surface area contributed by atoms with Gasteiger partial charge in [0.1, 0.15) is 0 Å². The summed E-state index contributed by atoms with van der Waals surface area (Å²) in [6, 6.07) is 27.6. The van der Waals surface area contributed by atoms with Gasteiger partial charge in [0.25, 0.3) is 0 Å². The molecule has 1 atom stereocenters. The molecule has 4 aromatic rings. The highest BCUT2D eigenvalue weighted by Gasteiger charge is 2.19. The van der Waals surface area contributed by atoms with Crippen LogP contribution in [0, 0.1) is 5.92 Å². The van der Waals surface area contributed by atoms with Gasteiger partial charge in [0.05, 0.1) is 5.69 Å². The van der Waals surface area contributed by atoms with Gasteiger partial charge in [-0.15, -0.1) is 0 Å². The van der Waals surface area contributed by atoms with Crippen LogP contribution in [-0.2, 0) is 12.8 Å². The molecule has 0 radical (unpaired) electrons. The Kier molecular flexibility index (Phi) is 8.03. The molecule has 1 aromatic heterocycles. The molecule has 2 N–H and O–H groups in total. The van der Waals surface area contributed by atoms with E-state index in [1.807, 2.05) is 66.7 Å². The summed E-state index contributed by atoms with van der Waals surface area (Å²) in [5.41, 5.74) is 6.47. The Morgan fingerprint density at radius 1 is 0.842 bits per heavy atom. The first-order valence-corrected chi connectivity index (χ1v) is 13.6. The Bertz CT molecular complexity index is 1340. The van der Waals surface area contributed by atoms with Gasteiger partial charge in [-0.25, -0.2) is 0 Å². The van der Waals surface area contributed by atoms with E-state index in [0.29, 0.717) is 18.5 Å². The number of aromatic nitrogens is 1. The van der Waals surface area contributed by atoms with Crippen LogP contribution in [0.15, 0.2) is 91.1 Å². The fourth-order valence-corrected chi connectivity index (χ4v) is 5.14. The molecule has 0 bridgehead atoms. The first kappa shape index (κ1) is 25.5. The van der Waals surface area contributed by atoms with E-state index in [2.05, 4.69) is 34.3 Å². The second kappa shape index (κ2) is 12.0. The fourth-order valence-electron chi connectivity index (χ4n) is 5.14. The van der Waals surface area contributed by atoms with Crippen LogP contribution in [0.4, 0.5) is 17.1 Å². The first-order valence-electron chi connectivity index (χ1n) is 13.6. The fraction of sp³-hybridized carbons (Fsp3) is 0.273. The number of nitrogens with zero attached hydrogens (tertiary/aromatic N) is 1. The quantitative estimate of drug-likeness (QED) is 0.223. The average Bonchev–Trinajstić information content (AvgIpc) is 3.51. The van der Waals surface area contributed by atoms with E-state index in [4.69, 9.17) is 0 Å². The molecule has 5 nitrogen and oxygen atoms in total. The Balaban J connectivity index is 1.13. The van der Waals surface area contributed by atoms with E-state index in [1.165, 1.54) is 24.9 Å². The molecule has 1 saturated heterocycles. The third kappa shape index (κ3) is 6.41. The summed E-state index contributed by atoms with van der Waals surface area (Å²) in [6.45, 7) is 4.48. The van der Waals surface area contributed by atoms with Crippen molar-refractivity contribution >= 4 is 28.6 Å². The van der Waals surface area contributed by atoms with Crippen LogP contribution in [0.25, 0.3) is 0 Å². The lowest BCUT2D eigenvalue weighted by Crippen LogP contribution is -2.35. The number of hydrogen-bond acceptors (Lipinski definition) is 4. The van der Waals surface area contributed by atoms with Gasteiger partial charge in [0.15, 0.2) is 11.6 Å². The highest BCUT2D eigenvalue weighted by molar-refractivity contribution is 5.98. The molecule has 38 heavy (non-hydrogen) atoms. The van der Waals surface area contributed by atoms with Crippen molar-refractivity contribution in [3.05, 3.63) is 114 Å². The molecule has 5 heteroatoms. The van der Waals surface area contributed by atoms with Crippen molar-refractivity contribution in [2.45, 2.75) is 39.0 Å². The Morgan fingerprint density at radius 2 is 1.47 bits per heavy atom. The maximum atomic E-state index is 12.9. The van der Waals surface area contributed by atoms with Crippen molar-refractivity contribution in [3.63, 3.8) is 0 Å². The summed E-state index contributed by atoms with van der Waals surface area (Å²) in [6.07, 6.45) is 6.29. The van der Waals surface area contributed by atoms with Crippen molar-refractivity contribution in [1.29, 1.82) is 0 Å². The number of Topliss-reactive ketones (excluding diaryl/α,β-unsaturated/α-hetero) is 2. The lowest BCUT2D eigenvalue weighted by molar-refractivity contribution is 0.0982. The average molecular weight is 506 g/mol. The van der Waals surface area contributed by atoms with Crippen molar-refractivity contribution < 1.29 is 9.59 Å². The molecule has 5 rings (SSSR count). The van der Waals surface area contributed by atoms with Crippen LogP contribution < -0.4 is 10.2 Å². The van der Waals surface area contributed by atoms with Crippen molar-refractivity contribution in [3.8, 4) is 0 Å². The van der Waals surface area contributed by atoms with Gasteiger partial charge in [0.2, 0.25) is 0 Å². The molecule has 1 unspecified atom stereocenters. The van der Waals surface area contributed by atoms with Gasteiger partial charge >= 0.3 is 0 Å². The first-order chi connectivity index (χ1) is 18.6. The summed E-state index contributed by atoms with van der Waals surface area (Å²) in [5, 5.41) is 3.39. The summed E-state index contributed by atoms with van der Waals surface area (Å²) < 4.78 is 0. The van der Waals surface area contributed by atoms with Crippen LogP contribution in [0.5, 0.6) is 0 Å². The van der Waals surface area contributed by atoms with Crippen LogP contribution in [-0.4, -0.2) is 29.6 Å². The number of piperidine rings is 1. The molecule has 1 aliphatic rings. The second-order valence-electron chi connectivity index (χ2n) is 10.2. The SMILES string of the molecule is CCC1CCCN(c2ccc(C(=O)Cc3ccc(Nc4ccc(CC(=O)c5ccc[nH]5)cc4)cc3)cc2)C1. The molecule has 3 aromatic carbocycles. The molecule has 2 heterocycles. The van der Waals surface area contributed by atoms with E-state index < -0.39 is 0 Å². The topological polar surface area (TPSA) is 65.2 Å². The van der Waals surface area contributed by atoms with Crippen LogP contribution in [0.2, 0.25) is 0 Å². The molecule has 0 spiro atoms. The van der Waals surface area contributed by atoms with Gasteiger partial charge in [-0.1, -0.05) is 37.6 Å². The normalized spacial score (nSPS) is 15.3. The zero-order valence-corrected chi connectivity index (χ0v) is 22.0. The zero-order valence-electron chi connectivity index (χ0n) is 22.0. The maximum absolute atomic E-state index is 12.9. The minimum atomic E-state index is 0.0731. The summed E-state index contributed by atoms with van der Waals surface area (Å²) in [7, 11) is 0. The number of benzene rings is 3. The number of rotatable bonds is 10. The number of ketones is 2. The summed E-state index contributed by atoms with van der Waals surface area (Å²) >= 11 is 0. The highest BCUT2D eigenvalue weighted by atomic mass is 16.1. The van der Waals surface area contributed by atoms with Gasteiger partial charge in [0, 0.05) is 54.8 Å². The number of nitrogens with one attached hydrogen (secondary N) is 2. The second-order valence-corrected chi connectivity index (χ2v) is 10.2. The van der Waals surface area contributed by atoms with Crippen molar-refractivity contribution in [1.82, 2.24) is 4.98 Å². The predicted molar refractivity (Wildman–Crippen MR) is 155 cm³/mol. The van der Waals surface area contributed by atoms with E-state index in [1.54, 1.807) is 12.3 Å². The van der Waals surface area contributed by atoms with Gasteiger partial charge < -0.3 is 15.2 Å². The molecule has 0 aliphatic carbocycles. The Morgan fingerprint density at radius 3 is 2.05 bits per heavy atom. The molecule has 194 valence electrons. The number of aromatic amines is 1. The number of H-pyrrole nitrogens is 1. The van der Waals surface area contributed by atoms with E-state index in [9.17, 15) is 9.59 Å². The minimum Gasteiger partial charge on any atom is -0.371 e. The van der Waals surface area contributed by atoms with Crippen molar-refractivity contribution in [2.75, 3.05) is 23.3 Å². The van der Waals surface area contributed by atoms with Gasteiger partial charge in [-0.3, -0.25) is 9.59 Å². The van der Waals surface area contributed by atoms with E-state index in [-0.39, 0.29) is 11.6 Å². The Hall–Kier alpha value is -4.12. The number of carbonyl (C=O) groups excluding carboxylic acids is 2. The number of anilines is 3. The lowest BCUT2D eigenvalue weighted by Gasteiger charge is -2.34. The third-order valence-corrected chi connectivity index (χ3v) is 7.48. The minimum absolute atomic E-state index is 0.0731. The van der Waals surface area contributed by atoms with E-state index >= 15 is 0 Å². The smallest absolute Gasteiger partial charge is 0.183 e. The van der Waals surface area contributed by atoms with Crippen LogP contribution in [0.1, 0.15) is 58.2 Å². The van der Waals surface area contributed by atoms with E-state index in [0.717, 1.165) is 47.1 Å². The molecular formula is C33H35N3O2. The monoisotopic (exact) mass is 505 g/mol. The van der Waals surface area contributed by atoms with Gasteiger partial charge in [-0.05, 0) is 90.6 Å². The predicted octanol–water partition coefficient (Wildman–Crippen LogP) is 7.24. The highest BCUT2D eigenvalue weighted by Crippen LogP contribution is 2.25. The molecule has 0 saturated carbocycles. The largest absolute Gasteiger partial charge is 0.371 e. The molecule has 0 amide bonds. The molecule has 1 aliphatic heterocycles. The summed E-state index contributed by atoms with van der Waals surface area (Å²) in [5.74, 6) is 0.975. The molecular weight excluding hydrogens is 470 g/mol. The lowest BCUT2D eigenvalue weighted by atomic mass is 9.95. The van der Waals surface area contributed by atoms with Crippen molar-refractivity contribution in [2.24, 2.45) is 5.92 Å². The third-order valence-electron chi connectivity index (χ3n) is 7.48. The maximum Gasteiger partial charge on any atom is 0.183 e. The zero-order chi connectivity index (χ0) is 26.3.